The molecule has 0 saturated carbocycles. The van der Waals surface area contributed by atoms with Crippen LogP contribution in [-0.4, -0.2) is 20.4 Å². The van der Waals surface area contributed by atoms with Gasteiger partial charge >= 0.3 is 0 Å². The number of carbonyl (C=O) groups is 1. The number of anilines is 1. The highest BCUT2D eigenvalue weighted by molar-refractivity contribution is 6.04. The molecule has 0 aliphatic carbocycles. The smallest absolute Gasteiger partial charge is 0.263 e. The van der Waals surface area contributed by atoms with Gasteiger partial charge in [-0.15, -0.1) is 0 Å². The van der Waals surface area contributed by atoms with Gasteiger partial charge in [-0.3, -0.25) is 19.6 Å². The maximum Gasteiger partial charge on any atom is 0.263 e. The maximum atomic E-state index is 15.0. The lowest BCUT2D eigenvalue weighted by Crippen LogP contribution is -2.27. The number of hydrogen-bond acceptors (Lipinski definition) is 5. The van der Waals surface area contributed by atoms with Crippen LogP contribution in [0.15, 0.2) is 103 Å². The summed E-state index contributed by atoms with van der Waals surface area (Å²) in [5, 5.41) is 2.56. The molecule has 0 saturated heterocycles. The summed E-state index contributed by atoms with van der Waals surface area (Å²) in [5.41, 5.74) is 2.02. The molecule has 3 heterocycles. The predicted octanol–water partition coefficient (Wildman–Crippen LogP) is 5.83. The molecule has 5 aromatic rings. The van der Waals surface area contributed by atoms with Gasteiger partial charge in [0.25, 0.3) is 11.5 Å². The Balaban J connectivity index is 1.38. The molecule has 1 N–H and O–H groups in total. The van der Waals surface area contributed by atoms with Crippen molar-refractivity contribution >= 4 is 11.6 Å². The van der Waals surface area contributed by atoms with E-state index in [0.29, 0.717) is 22.4 Å². The molecule has 38 heavy (non-hydrogen) atoms. The molecule has 1 amide bonds. The van der Waals surface area contributed by atoms with Gasteiger partial charge in [0.05, 0.1) is 0 Å². The van der Waals surface area contributed by atoms with Crippen molar-refractivity contribution in [3.05, 3.63) is 125 Å². The Morgan fingerprint density at radius 1 is 0.868 bits per heavy atom. The van der Waals surface area contributed by atoms with E-state index < -0.39 is 23.1 Å². The minimum atomic E-state index is -0.718. The molecule has 0 bridgehead atoms. The summed E-state index contributed by atoms with van der Waals surface area (Å²) in [4.78, 5) is 33.8. The van der Waals surface area contributed by atoms with Crippen molar-refractivity contribution in [3.63, 3.8) is 0 Å². The van der Waals surface area contributed by atoms with Crippen molar-refractivity contribution in [3.8, 4) is 33.8 Å². The van der Waals surface area contributed by atoms with Crippen LogP contribution in [0.25, 0.3) is 22.3 Å². The second-order valence-electron chi connectivity index (χ2n) is 8.38. The van der Waals surface area contributed by atoms with Crippen molar-refractivity contribution in [2.24, 2.45) is 7.05 Å². The summed E-state index contributed by atoms with van der Waals surface area (Å²) in [6.07, 6.45) is 7.97. The zero-order valence-electron chi connectivity index (χ0n) is 20.1. The van der Waals surface area contributed by atoms with Crippen LogP contribution in [0.5, 0.6) is 11.5 Å². The minimum Gasteiger partial charge on any atom is -0.454 e. The second-order valence-corrected chi connectivity index (χ2v) is 8.38. The number of pyridine rings is 3. The molecular formula is C29H20F2N4O3. The lowest BCUT2D eigenvalue weighted by molar-refractivity contribution is 0.102. The third kappa shape index (κ3) is 5.17. The number of ether oxygens (including phenoxy) is 1. The Hall–Kier alpha value is -5.18. The van der Waals surface area contributed by atoms with Crippen molar-refractivity contribution < 1.29 is 18.3 Å². The molecule has 3 aromatic heterocycles. The van der Waals surface area contributed by atoms with Gasteiger partial charge in [0.1, 0.15) is 17.1 Å². The number of halogens is 2. The quantitative estimate of drug-likeness (QED) is 0.311. The van der Waals surface area contributed by atoms with E-state index in [9.17, 15) is 18.4 Å². The Morgan fingerprint density at radius 3 is 2.39 bits per heavy atom. The lowest BCUT2D eigenvalue weighted by Gasteiger charge is -2.13. The zero-order chi connectivity index (χ0) is 26.6. The van der Waals surface area contributed by atoms with E-state index in [4.69, 9.17) is 4.74 Å². The first-order valence-corrected chi connectivity index (χ1v) is 11.5. The highest BCUT2D eigenvalue weighted by Crippen LogP contribution is 2.34. The molecule has 0 spiro atoms. The van der Waals surface area contributed by atoms with Crippen LogP contribution in [-0.2, 0) is 7.05 Å². The summed E-state index contributed by atoms with van der Waals surface area (Å²) >= 11 is 0. The van der Waals surface area contributed by atoms with Crippen LogP contribution < -0.4 is 15.6 Å². The molecule has 9 heteroatoms. The van der Waals surface area contributed by atoms with E-state index in [1.165, 1.54) is 48.1 Å². The first kappa shape index (κ1) is 24.5. The van der Waals surface area contributed by atoms with E-state index in [0.717, 1.165) is 11.6 Å². The number of nitrogens with zero attached hydrogens (tertiary/aromatic N) is 3. The monoisotopic (exact) mass is 510 g/mol. The summed E-state index contributed by atoms with van der Waals surface area (Å²) in [6, 6.07) is 16.3. The second kappa shape index (κ2) is 10.4. The summed E-state index contributed by atoms with van der Waals surface area (Å²) in [7, 11) is 1.51. The SMILES string of the molecule is Cn1cc(-c2ccc(F)cc2)cc(C(=O)Nc2ccc(Oc3ccncc3-c3cccnc3)c(F)c2)c1=O. The van der Waals surface area contributed by atoms with E-state index in [1.54, 1.807) is 49.1 Å². The molecule has 0 radical (unpaired) electrons. The average Bonchev–Trinajstić information content (AvgIpc) is 2.93. The molecule has 0 aliphatic rings. The Labute approximate surface area is 216 Å². The maximum absolute atomic E-state index is 15.0. The van der Waals surface area contributed by atoms with Gasteiger partial charge in [0.15, 0.2) is 11.6 Å². The third-order valence-electron chi connectivity index (χ3n) is 5.77. The number of carbonyl (C=O) groups excluding carboxylic acids is 1. The van der Waals surface area contributed by atoms with E-state index in [1.807, 2.05) is 6.07 Å². The summed E-state index contributed by atoms with van der Waals surface area (Å²) < 4.78 is 35.4. The first-order chi connectivity index (χ1) is 18.4. The van der Waals surface area contributed by atoms with Crippen molar-refractivity contribution in [2.45, 2.75) is 0 Å². The highest BCUT2D eigenvalue weighted by atomic mass is 19.1. The van der Waals surface area contributed by atoms with Crippen LogP contribution in [0, 0.1) is 11.6 Å². The molecule has 5 rings (SSSR count). The summed E-state index contributed by atoms with van der Waals surface area (Å²) in [5.74, 6) is -1.51. The number of hydrogen-bond donors (Lipinski definition) is 1. The number of benzene rings is 2. The number of aryl methyl sites for hydroxylation is 1. The largest absolute Gasteiger partial charge is 0.454 e. The standard InChI is InChI=1S/C29H20F2N4O3/c1-35-17-20(18-4-6-21(30)7-5-18)13-23(29(35)37)28(36)34-22-8-9-27(25(31)14-22)38-26-10-12-33-16-24(26)19-3-2-11-32-15-19/h2-17H,1H3,(H,34,36). The molecule has 0 atom stereocenters. The molecule has 0 fully saturated rings. The average molecular weight is 511 g/mol. The number of amides is 1. The molecule has 2 aromatic carbocycles. The van der Waals surface area contributed by atoms with Crippen LogP contribution in [0.3, 0.4) is 0 Å². The fourth-order valence-corrected chi connectivity index (χ4v) is 3.86. The van der Waals surface area contributed by atoms with Crippen LogP contribution in [0.4, 0.5) is 14.5 Å². The van der Waals surface area contributed by atoms with Crippen LogP contribution >= 0.6 is 0 Å². The summed E-state index contributed by atoms with van der Waals surface area (Å²) in [6.45, 7) is 0. The van der Waals surface area contributed by atoms with Gasteiger partial charge in [0, 0.05) is 60.9 Å². The number of aromatic nitrogens is 3. The molecular weight excluding hydrogens is 490 g/mol. The highest BCUT2D eigenvalue weighted by Gasteiger charge is 2.16. The minimum absolute atomic E-state index is 0.0615. The molecule has 0 unspecified atom stereocenters. The van der Waals surface area contributed by atoms with Crippen LogP contribution in [0.2, 0.25) is 0 Å². The lowest BCUT2D eigenvalue weighted by atomic mass is 10.1. The molecule has 188 valence electrons. The number of rotatable bonds is 6. The Morgan fingerprint density at radius 2 is 1.66 bits per heavy atom. The fraction of sp³-hybridized carbons (Fsp3) is 0.0345. The fourth-order valence-electron chi connectivity index (χ4n) is 3.86. The van der Waals surface area contributed by atoms with Gasteiger partial charge in [-0.2, -0.15) is 0 Å². The Kier molecular flexibility index (Phi) is 6.73. The van der Waals surface area contributed by atoms with Gasteiger partial charge in [-0.05, 0) is 53.6 Å². The van der Waals surface area contributed by atoms with Gasteiger partial charge in [-0.1, -0.05) is 18.2 Å². The van der Waals surface area contributed by atoms with Crippen molar-refractivity contribution in [2.75, 3.05) is 5.32 Å². The normalized spacial score (nSPS) is 10.7. The van der Waals surface area contributed by atoms with Gasteiger partial charge in [0.2, 0.25) is 0 Å². The van der Waals surface area contributed by atoms with E-state index in [2.05, 4.69) is 15.3 Å². The Bertz CT molecular complexity index is 1690. The molecule has 7 nitrogen and oxygen atoms in total. The third-order valence-corrected chi connectivity index (χ3v) is 5.77. The van der Waals surface area contributed by atoms with Gasteiger partial charge < -0.3 is 14.6 Å². The van der Waals surface area contributed by atoms with Crippen LogP contribution in [0.1, 0.15) is 10.4 Å². The zero-order valence-corrected chi connectivity index (χ0v) is 20.1. The van der Waals surface area contributed by atoms with Gasteiger partial charge in [-0.25, -0.2) is 8.78 Å². The van der Waals surface area contributed by atoms with E-state index >= 15 is 0 Å². The number of nitrogens with one attached hydrogen (secondary N) is 1. The van der Waals surface area contributed by atoms with Crippen molar-refractivity contribution in [1.29, 1.82) is 0 Å². The van der Waals surface area contributed by atoms with Crippen molar-refractivity contribution in [1.82, 2.24) is 14.5 Å². The predicted molar refractivity (Wildman–Crippen MR) is 139 cm³/mol. The first-order valence-electron chi connectivity index (χ1n) is 11.5. The topological polar surface area (TPSA) is 86.1 Å². The molecule has 0 aliphatic heterocycles. The van der Waals surface area contributed by atoms with E-state index in [-0.39, 0.29) is 17.0 Å².